The number of carbonyl (C=O) groups excluding carboxylic acids is 1. The lowest BCUT2D eigenvalue weighted by Crippen LogP contribution is -2.39. The maximum atomic E-state index is 12.4. The maximum absolute atomic E-state index is 12.4. The number of anilines is 1. The van der Waals surface area contributed by atoms with Crippen LogP contribution in [0.1, 0.15) is 23.6 Å². The van der Waals surface area contributed by atoms with Gasteiger partial charge in [-0.15, -0.1) is 0 Å². The van der Waals surface area contributed by atoms with Crippen LogP contribution >= 0.6 is 11.6 Å². The van der Waals surface area contributed by atoms with Gasteiger partial charge in [-0.25, -0.2) is 13.8 Å². The molecule has 0 heterocycles. The highest BCUT2D eigenvalue weighted by molar-refractivity contribution is 7.92. The van der Waals surface area contributed by atoms with E-state index in [0.29, 0.717) is 41.0 Å². The fraction of sp³-hybridized carbons (Fsp3) is 0.231. The first-order valence-corrected chi connectivity index (χ1v) is 13.4. The highest BCUT2D eigenvalue weighted by Crippen LogP contribution is 2.29. The minimum Gasteiger partial charge on any atom is -0.490 e. The van der Waals surface area contributed by atoms with Gasteiger partial charge in [-0.05, 0) is 73.0 Å². The van der Waals surface area contributed by atoms with E-state index >= 15 is 0 Å². The van der Waals surface area contributed by atoms with Crippen molar-refractivity contribution in [1.29, 1.82) is 0 Å². The summed E-state index contributed by atoms with van der Waals surface area (Å²) in [6.45, 7) is 4.06. The highest BCUT2D eigenvalue weighted by Gasteiger charge is 2.20. The average molecular weight is 530 g/mol. The van der Waals surface area contributed by atoms with E-state index in [2.05, 4.69) is 10.5 Å². The third-order valence-electron chi connectivity index (χ3n) is 4.93. The molecular weight excluding hydrogens is 502 g/mol. The maximum Gasteiger partial charge on any atom is 0.260 e. The predicted octanol–water partition coefficient (Wildman–Crippen LogP) is 4.54. The minimum absolute atomic E-state index is 0.321. The van der Waals surface area contributed by atoms with Crippen molar-refractivity contribution >= 4 is 39.4 Å². The lowest BCUT2D eigenvalue weighted by atomic mass is 10.2. The Morgan fingerprint density at radius 1 is 1.06 bits per heavy atom. The van der Waals surface area contributed by atoms with Crippen LogP contribution in [0.2, 0.25) is 5.02 Å². The molecule has 0 radical (unpaired) electrons. The SMILES string of the molecule is CCOc1cc(/C=N\NC(=O)CN(c2cccc(C)c2)S(C)(=O)=O)ccc1OCc1cccc(Cl)c1. The Bertz CT molecular complexity index is 1340. The predicted molar refractivity (Wildman–Crippen MR) is 143 cm³/mol. The molecule has 0 fully saturated rings. The van der Waals surface area contributed by atoms with Gasteiger partial charge < -0.3 is 9.47 Å². The van der Waals surface area contributed by atoms with Gasteiger partial charge in [-0.3, -0.25) is 9.10 Å². The zero-order valence-corrected chi connectivity index (χ0v) is 21.8. The van der Waals surface area contributed by atoms with Crippen LogP contribution in [0.5, 0.6) is 11.5 Å². The molecule has 1 amide bonds. The van der Waals surface area contributed by atoms with E-state index in [1.54, 1.807) is 42.5 Å². The number of nitrogens with one attached hydrogen (secondary N) is 1. The number of hydrogen-bond acceptors (Lipinski definition) is 6. The number of aryl methyl sites for hydroxylation is 1. The van der Waals surface area contributed by atoms with Crippen LogP contribution in [0.4, 0.5) is 5.69 Å². The quantitative estimate of drug-likeness (QED) is 0.290. The van der Waals surface area contributed by atoms with Gasteiger partial charge >= 0.3 is 0 Å². The summed E-state index contributed by atoms with van der Waals surface area (Å²) in [5, 5.41) is 4.60. The molecule has 36 heavy (non-hydrogen) atoms. The minimum atomic E-state index is -3.67. The van der Waals surface area contributed by atoms with Crippen molar-refractivity contribution < 1.29 is 22.7 Å². The summed E-state index contributed by atoms with van der Waals surface area (Å²) in [5.41, 5.74) is 5.25. The molecule has 0 bridgehead atoms. The van der Waals surface area contributed by atoms with Gasteiger partial charge in [0.1, 0.15) is 13.2 Å². The first kappa shape index (κ1) is 27.0. The molecule has 8 nitrogen and oxygen atoms in total. The Kier molecular flexibility index (Phi) is 9.32. The summed E-state index contributed by atoms with van der Waals surface area (Å²) in [6, 6.07) is 19.6. The molecule has 0 spiro atoms. The number of nitrogens with zero attached hydrogens (tertiary/aromatic N) is 2. The van der Waals surface area contributed by atoms with Crippen LogP contribution < -0.4 is 19.2 Å². The summed E-state index contributed by atoms with van der Waals surface area (Å²) in [4.78, 5) is 12.4. The van der Waals surface area contributed by atoms with E-state index in [9.17, 15) is 13.2 Å². The van der Waals surface area contributed by atoms with E-state index in [-0.39, 0.29) is 0 Å². The first-order valence-electron chi connectivity index (χ1n) is 11.2. The number of rotatable bonds is 11. The molecule has 190 valence electrons. The monoisotopic (exact) mass is 529 g/mol. The van der Waals surface area contributed by atoms with Crippen molar-refractivity contribution in [3.8, 4) is 11.5 Å². The Hall–Kier alpha value is -3.56. The number of ether oxygens (including phenoxy) is 2. The summed E-state index contributed by atoms with van der Waals surface area (Å²) in [7, 11) is -3.67. The molecule has 3 aromatic rings. The number of hydrogen-bond donors (Lipinski definition) is 1. The molecular formula is C26H28ClN3O5S. The van der Waals surface area contributed by atoms with Crippen LogP contribution in [-0.2, 0) is 21.4 Å². The molecule has 0 aliphatic carbocycles. The largest absolute Gasteiger partial charge is 0.490 e. The zero-order chi connectivity index (χ0) is 26.1. The molecule has 3 aromatic carbocycles. The molecule has 0 atom stereocenters. The normalized spacial score (nSPS) is 11.3. The Morgan fingerprint density at radius 3 is 2.53 bits per heavy atom. The average Bonchev–Trinajstić information content (AvgIpc) is 2.81. The third-order valence-corrected chi connectivity index (χ3v) is 6.31. The van der Waals surface area contributed by atoms with Gasteiger partial charge in [-0.1, -0.05) is 35.9 Å². The fourth-order valence-electron chi connectivity index (χ4n) is 3.31. The molecule has 1 N–H and O–H groups in total. The highest BCUT2D eigenvalue weighted by atomic mass is 35.5. The van der Waals surface area contributed by atoms with Gasteiger partial charge in [0, 0.05) is 5.02 Å². The van der Waals surface area contributed by atoms with E-state index < -0.39 is 22.5 Å². The molecule has 3 rings (SSSR count). The van der Waals surface area contributed by atoms with Gasteiger partial charge in [0.15, 0.2) is 11.5 Å². The van der Waals surface area contributed by atoms with Crippen molar-refractivity contribution in [3.63, 3.8) is 0 Å². The van der Waals surface area contributed by atoms with Crippen LogP contribution in [0.25, 0.3) is 0 Å². The second kappa shape index (κ2) is 12.4. The second-order valence-electron chi connectivity index (χ2n) is 7.96. The first-order chi connectivity index (χ1) is 17.2. The fourth-order valence-corrected chi connectivity index (χ4v) is 4.37. The lowest BCUT2D eigenvalue weighted by Gasteiger charge is -2.21. The van der Waals surface area contributed by atoms with Crippen molar-refractivity contribution in [2.75, 3.05) is 23.7 Å². The number of benzene rings is 3. The van der Waals surface area contributed by atoms with E-state index in [1.165, 1.54) is 6.21 Å². The van der Waals surface area contributed by atoms with Crippen LogP contribution in [0.3, 0.4) is 0 Å². The van der Waals surface area contributed by atoms with Crippen molar-refractivity contribution in [1.82, 2.24) is 5.43 Å². The molecule has 10 heteroatoms. The molecule has 0 saturated heterocycles. The van der Waals surface area contributed by atoms with Gasteiger partial charge in [-0.2, -0.15) is 5.10 Å². The van der Waals surface area contributed by atoms with Crippen LogP contribution in [0.15, 0.2) is 71.8 Å². The summed E-state index contributed by atoms with van der Waals surface area (Å²) >= 11 is 6.03. The summed E-state index contributed by atoms with van der Waals surface area (Å²) in [6.07, 6.45) is 2.50. The Morgan fingerprint density at radius 2 is 1.83 bits per heavy atom. The number of hydrazone groups is 1. The van der Waals surface area contributed by atoms with Crippen LogP contribution in [-0.4, -0.2) is 39.9 Å². The van der Waals surface area contributed by atoms with Gasteiger partial charge in [0.2, 0.25) is 10.0 Å². The van der Waals surface area contributed by atoms with Crippen molar-refractivity contribution in [2.45, 2.75) is 20.5 Å². The summed E-state index contributed by atoms with van der Waals surface area (Å²) in [5.74, 6) is 0.502. The Labute approximate surface area is 216 Å². The molecule has 0 aliphatic rings. The number of sulfonamides is 1. The number of carbonyl (C=O) groups is 1. The molecule has 0 aromatic heterocycles. The van der Waals surface area contributed by atoms with E-state index in [4.69, 9.17) is 21.1 Å². The summed E-state index contributed by atoms with van der Waals surface area (Å²) < 4.78 is 37.1. The smallest absolute Gasteiger partial charge is 0.260 e. The second-order valence-corrected chi connectivity index (χ2v) is 10.3. The van der Waals surface area contributed by atoms with Crippen molar-refractivity contribution in [2.24, 2.45) is 5.10 Å². The molecule has 0 aliphatic heterocycles. The number of halogens is 1. The van der Waals surface area contributed by atoms with Crippen LogP contribution in [0, 0.1) is 6.92 Å². The Balaban J connectivity index is 1.65. The lowest BCUT2D eigenvalue weighted by molar-refractivity contribution is -0.119. The van der Waals surface area contributed by atoms with E-state index in [0.717, 1.165) is 21.7 Å². The zero-order valence-electron chi connectivity index (χ0n) is 20.3. The molecule has 0 saturated carbocycles. The van der Waals surface area contributed by atoms with Gasteiger partial charge in [0.25, 0.3) is 5.91 Å². The topological polar surface area (TPSA) is 97.3 Å². The standard InChI is InChI=1S/C26H28ClN3O5S/c1-4-34-25-15-20(11-12-24(25)35-18-21-8-6-9-22(27)14-21)16-28-29-26(31)17-30(36(3,32)33)23-10-5-7-19(2)13-23/h5-16H,4,17-18H2,1-3H3,(H,29,31)/b28-16-. The third kappa shape index (κ3) is 8.00. The van der Waals surface area contributed by atoms with E-state index in [1.807, 2.05) is 38.1 Å². The van der Waals surface area contributed by atoms with Crippen molar-refractivity contribution in [3.05, 3.63) is 88.4 Å². The molecule has 0 unspecified atom stereocenters. The van der Waals surface area contributed by atoms with Gasteiger partial charge in [0.05, 0.1) is 24.8 Å². The number of amides is 1.